The highest BCUT2D eigenvalue weighted by Gasteiger charge is 2.13. The van der Waals surface area contributed by atoms with Crippen LogP contribution in [0.4, 0.5) is 0 Å². The Kier molecular flexibility index (Phi) is 4.49. The molecule has 2 aromatic heterocycles. The third-order valence-corrected chi connectivity index (χ3v) is 4.91. The molecule has 6 nitrogen and oxygen atoms in total. The van der Waals surface area contributed by atoms with E-state index in [-0.39, 0.29) is 5.56 Å². The lowest BCUT2D eigenvalue weighted by molar-refractivity contribution is 0.0697. The molecule has 2 aromatic carbocycles. The zero-order valence-corrected chi connectivity index (χ0v) is 16.0. The Morgan fingerprint density at radius 2 is 1.90 bits per heavy atom. The van der Waals surface area contributed by atoms with E-state index in [9.17, 15) is 10.1 Å². The van der Waals surface area contributed by atoms with E-state index < -0.39 is 5.97 Å². The van der Waals surface area contributed by atoms with Gasteiger partial charge in [0, 0.05) is 17.1 Å². The van der Waals surface area contributed by atoms with E-state index in [1.54, 1.807) is 24.3 Å². The summed E-state index contributed by atoms with van der Waals surface area (Å²) in [6, 6.07) is 18.6. The number of aromatic carboxylic acids is 1. The number of nitrogens with zero attached hydrogens (tertiary/aromatic N) is 3. The summed E-state index contributed by atoms with van der Waals surface area (Å²) in [5.41, 5.74) is 6.10. The molecule has 0 radical (unpaired) electrons. The first-order chi connectivity index (χ1) is 14.0. The van der Waals surface area contributed by atoms with Crippen LogP contribution in [0.5, 0.6) is 0 Å². The standard InChI is InChI=1S/C23H18N4O2/c1-14-11-17(15(2)27(14)19-9-7-16(8-10-19)23(28)29)12-18(13-24)22-25-20-5-3-4-6-21(20)26-22/h3-12H,1-2H3,(H,25,26)(H,28,29). The lowest BCUT2D eigenvalue weighted by Gasteiger charge is -2.10. The van der Waals surface area contributed by atoms with Gasteiger partial charge in [0.05, 0.1) is 22.2 Å². The number of nitriles is 1. The van der Waals surface area contributed by atoms with Gasteiger partial charge in [-0.1, -0.05) is 12.1 Å². The summed E-state index contributed by atoms with van der Waals surface area (Å²) in [6.07, 6.45) is 1.82. The van der Waals surface area contributed by atoms with Crippen molar-refractivity contribution in [2.45, 2.75) is 13.8 Å². The van der Waals surface area contributed by atoms with Crippen LogP contribution in [-0.2, 0) is 0 Å². The molecule has 29 heavy (non-hydrogen) atoms. The number of rotatable bonds is 4. The molecule has 0 aliphatic rings. The summed E-state index contributed by atoms with van der Waals surface area (Å²) < 4.78 is 2.03. The van der Waals surface area contributed by atoms with Gasteiger partial charge >= 0.3 is 5.97 Å². The number of nitrogens with one attached hydrogen (secondary N) is 1. The maximum Gasteiger partial charge on any atom is 0.335 e. The Bertz CT molecular complexity index is 1270. The lowest BCUT2D eigenvalue weighted by atomic mass is 10.1. The Labute approximate surface area is 167 Å². The highest BCUT2D eigenvalue weighted by Crippen LogP contribution is 2.25. The van der Waals surface area contributed by atoms with E-state index in [1.807, 2.05) is 54.8 Å². The molecule has 0 atom stereocenters. The molecule has 2 heterocycles. The first-order valence-corrected chi connectivity index (χ1v) is 9.07. The van der Waals surface area contributed by atoms with Gasteiger partial charge in [0.2, 0.25) is 0 Å². The number of carboxylic acids is 1. The van der Waals surface area contributed by atoms with Crippen LogP contribution in [0.15, 0.2) is 54.6 Å². The summed E-state index contributed by atoms with van der Waals surface area (Å²) >= 11 is 0. The quantitative estimate of drug-likeness (QED) is 0.499. The zero-order chi connectivity index (χ0) is 20.5. The second kappa shape index (κ2) is 7.13. The van der Waals surface area contributed by atoms with Crippen molar-refractivity contribution in [3.8, 4) is 11.8 Å². The van der Waals surface area contributed by atoms with Crippen LogP contribution in [-0.4, -0.2) is 25.6 Å². The third-order valence-electron chi connectivity index (χ3n) is 4.91. The molecule has 0 bridgehead atoms. The first kappa shape index (κ1) is 18.3. The van der Waals surface area contributed by atoms with E-state index in [2.05, 4.69) is 16.0 Å². The number of para-hydroxylation sites is 2. The molecule has 0 amide bonds. The van der Waals surface area contributed by atoms with Crippen molar-refractivity contribution >= 4 is 28.7 Å². The molecule has 0 aliphatic heterocycles. The van der Waals surface area contributed by atoms with Crippen LogP contribution in [0.2, 0.25) is 0 Å². The molecular weight excluding hydrogens is 364 g/mol. The van der Waals surface area contributed by atoms with Crippen molar-refractivity contribution in [2.75, 3.05) is 0 Å². The average Bonchev–Trinajstić information content (AvgIpc) is 3.26. The summed E-state index contributed by atoms with van der Waals surface area (Å²) in [4.78, 5) is 18.8. The van der Waals surface area contributed by atoms with Crippen LogP contribution in [0, 0.1) is 25.2 Å². The molecule has 0 saturated heterocycles. The fourth-order valence-corrected chi connectivity index (χ4v) is 3.47. The van der Waals surface area contributed by atoms with Gasteiger partial charge in [0.15, 0.2) is 0 Å². The highest BCUT2D eigenvalue weighted by atomic mass is 16.4. The number of allylic oxidation sites excluding steroid dienone is 1. The number of carboxylic acid groups (broad SMARTS) is 1. The van der Waals surface area contributed by atoms with E-state index in [4.69, 9.17) is 5.11 Å². The average molecular weight is 382 g/mol. The van der Waals surface area contributed by atoms with Crippen LogP contribution in [0.3, 0.4) is 0 Å². The van der Waals surface area contributed by atoms with Crippen molar-refractivity contribution in [1.82, 2.24) is 14.5 Å². The minimum absolute atomic E-state index is 0.244. The molecule has 0 aliphatic carbocycles. The van der Waals surface area contributed by atoms with E-state index in [0.29, 0.717) is 11.4 Å². The maximum atomic E-state index is 11.1. The number of fused-ring (bicyclic) bond motifs is 1. The third kappa shape index (κ3) is 3.30. The normalized spacial score (nSPS) is 11.6. The van der Waals surface area contributed by atoms with E-state index in [0.717, 1.165) is 33.7 Å². The minimum atomic E-state index is -0.953. The highest BCUT2D eigenvalue weighted by molar-refractivity contribution is 5.91. The molecule has 0 spiro atoms. The summed E-state index contributed by atoms with van der Waals surface area (Å²) in [7, 11) is 0. The predicted molar refractivity (Wildman–Crippen MR) is 112 cm³/mol. The maximum absolute atomic E-state index is 11.1. The molecule has 4 aromatic rings. The number of carbonyl (C=O) groups is 1. The van der Waals surface area contributed by atoms with E-state index >= 15 is 0 Å². The molecule has 0 unspecified atom stereocenters. The minimum Gasteiger partial charge on any atom is -0.478 e. The molecule has 0 fully saturated rings. The molecule has 0 saturated carbocycles. The van der Waals surface area contributed by atoms with E-state index in [1.165, 1.54) is 0 Å². The summed E-state index contributed by atoms with van der Waals surface area (Å²) in [6.45, 7) is 3.94. The van der Waals surface area contributed by atoms with Crippen LogP contribution < -0.4 is 0 Å². The number of H-pyrrole nitrogens is 1. The molecule has 2 N–H and O–H groups in total. The van der Waals surface area contributed by atoms with Crippen LogP contribution in [0.25, 0.3) is 28.4 Å². The van der Waals surface area contributed by atoms with Gasteiger partial charge in [-0.05, 0) is 68.0 Å². The molecule has 6 heteroatoms. The fourth-order valence-electron chi connectivity index (χ4n) is 3.47. The van der Waals surface area contributed by atoms with Crippen molar-refractivity contribution < 1.29 is 9.90 Å². The van der Waals surface area contributed by atoms with Gasteiger partial charge in [-0.3, -0.25) is 0 Å². The molecule has 4 rings (SSSR count). The number of benzene rings is 2. The van der Waals surface area contributed by atoms with Gasteiger partial charge in [-0.15, -0.1) is 0 Å². The van der Waals surface area contributed by atoms with Gasteiger partial charge in [0.25, 0.3) is 0 Å². The van der Waals surface area contributed by atoms with Crippen molar-refractivity contribution in [1.29, 1.82) is 5.26 Å². The largest absolute Gasteiger partial charge is 0.478 e. The number of imidazole rings is 1. The summed E-state index contributed by atoms with van der Waals surface area (Å²) in [5, 5.41) is 18.8. The Hall–Kier alpha value is -4.11. The smallest absolute Gasteiger partial charge is 0.335 e. The van der Waals surface area contributed by atoms with Gasteiger partial charge < -0.3 is 14.7 Å². The lowest BCUT2D eigenvalue weighted by Crippen LogP contribution is -2.01. The molecule has 142 valence electrons. The first-order valence-electron chi connectivity index (χ1n) is 9.07. The second-order valence-electron chi connectivity index (χ2n) is 6.79. The Balaban J connectivity index is 1.76. The Morgan fingerprint density at radius 1 is 1.17 bits per heavy atom. The number of aromatic amines is 1. The van der Waals surface area contributed by atoms with Crippen molar-refractivity contribution in [3.63, 3.8) is 0 Å². The number of hydrogen-bond donors (Lipinski definition) is 2. The van der Waals surface area contributed by atoms with Crippen molar-refractivity contribution in [3.05, 3.63) is 82.9 Å². The van der Waals surface area contributed by atoms with Crippen molar-refractivity contribution in [2.24, 2.45) is 0 Å². The second-order valence-corrected chi connectivity index (χ2v) is 6.79. The fraction of sp³-hybridized carbons (Fsp3) is 0.0870. The monoisotopic (exact) mass is 382 g/mol. The van der Waals surface area contributed by atoms with Gasteiger partial charge in [-0.25, -0.2) is 9.78 Å². The number of hydrogen-bond acceptors (Lipinski definition) is 3. The Morgan fingerprint density at radius 3 is 2.55 bits per heavy atom. The van der Waals surface area contributed by atoms with Gasteiger partial charge in [0.1, 0.15) is 11.9 Å². The number of aryl methyl sites for hydroxylation is 1. The zero-order valence-electron chi connectivity index (χ0n) is 16.0. The number of aromatic nitrogens is 3. The predicted octanol–water partition coefficient (Wildman–Crippen LogP) is 4.73. The topological polar surface area (TPSA) is 94.7 Å². The summed E-state index contributed by atoms with van der Waals surface area (Å²) in [5.74, 6) is -0.421. The SMILES string of the molecule is Cc1cc(C=C(C#N)c2nc3ccccc3[nH]2)c(C)n1-c1ccc(C(=O)O)cc1. The van der Waals surface area contributed by atoms with Crippen LogP contribution in [0.1, 0.15) is 33.1 Å². The van der Waals surface area contributed by atoms with Gasteiger partial charge in [-0.2, -0.15) is 5.26 Å². The molecular formula is C23H18N4O2. The van der Waals surface area contributed by atoms with Crippen LogP contribution >= 0.6 is 0 Å².